The maximum absolute atomic E-state index is 13.0. The SMILES string of the molecule is Cn1nc(-c2cc(F)c(F)cc2N)nc1N. The molecule has 2 rings (SSSR count). The summed E-state index contributed by atoms with van der Waals surface area (Å²) in [6, 6.07) is 1.83. The number of hydrogen-bond acceptors (Lipinski definition) is 4. The van der Waals surface area contributed by atoms with Crippen LogP contribution in [0.5, 0.6) is 0 Å². The molecule has 1 aromatic heterocycles. The van der Waals surface area contributed by atoms with E-state index in [2.05, 4.69) is 10.1 Å². The minimum Gasteiger partial charge on any atom is -0.398 e. The average Bonchev–Trinajstić information content (AvgIpc) is 2.53. The maximum Gasteiger partial charge on any atom is 0.218 e. The molecule has 16 heavy (non-hydrogen) atoms. The van der Waals surface area contributed by atoms with E-state index in [0.717, 1.165) is 12.1 Å². The molecule has 0 amide bonds. The van der Waals surface area contributed by atoms with Gasteiger partial charge in [-0.3, -0.25) is 0 Å². The number of nitrogen functional groups attached to an aromatic ring is 2. The molecular weight excluding hydrogens is 216 g/mol. The highest BCUT2D eigenvalue weighted by Crippen LogP contribution is 2.25. The number of aryl methyl sites for hydroxylation is 1. The zero-order chi connectivity index (χ0) is 11.9. The van der Waals surface area contributed by atoms with E-state index in [1.165, 1.54) is 4.68 Å². The van der Waals surface area contributed by atoms with Gasteiger partial charge in [0.15, 0.2) is 17.5 Å². The van der Waals surface area contributed by atoms with Gasteiger partial charge in [-0.2, -0.15) is 4.98 Å². The predicted molar refractivity (Wildman–Crippen MR) is 55.2 cm³/mol. The molecule has 5 nitrogen and oxygen atoms in total. The van der Waals surface area contributed by atoms with Crippen LogP contribution >= 0.6 is 0 Å². The Morgan fingerprint density at radius 3 is 2.38 bits per heavy atom. The molecule has 0 saturated heterocycles. The first-order chi connectivity index (χ1) is 7.49. The van der Waals surface area contributed by atoms with Gasteiger partial charge in [0.2, 0.25) is 5.95 Å². The second kappa shape index (κ2) is 3.44. The summed E-state index contributed by atoms with van der Waals surface area (Å²) in [4.78, 5) is 3.87. The Morgan fingerprint density at radius 1 is 1.19 bits per heavy atom. The summed E-state index contributed by atoms with van der Waals surface area (Å²) in [5.74, 6) is -1.68. The Hall–Kier alpha value is -2.18. The van der Waals surface area contributed by atoms with Crippen molar-refractivity contribution in [1.82, 2.24) is 14.8 Å². The predicted octanol–water partition coefficient (Wildman–Crippen LogP) is 0.925. The van der Waals surface area contributed by atoms with E-state index in [0.29, 0.717) is 0 Å². The van der Waals surface area contributed by atoms with Crippen molar-refractivity contribution in [1.29, 1.82) is 0 Å². The summed E-state index contributed by atoms with van der Waals surface area (Å²) < 4.78 is 27.2. The van der Waals surface area contributed by atoms with Gasteiger partial charge in [0.1, 0.15) is 0 Å². The van der Waals surface area contributed by atoms with E-state index in [4.69, 9.17) is 11.5 Å². The van der Waals surface area contributed by atoms with Gasteiger partial charge in [-0.25, -0.2) is 13.5 Å². The molecule has 2 aromatic rings. The largest absolute Gasteiger partial charge is 0.398 e. The molecule has 0 aliphatic carbocycles. The number of nitrogens with zero attached hydrogens (tertiary/aromatic N) is 3. The molecular formula is C9H9F2N5. The standard InChI is InChI=1S/C9H9F2N5/c1-16-9(13)14-8(15-16)4-2-5(10)6(11)3-7(4)12/h2-3H,12H2,1H3,(H2,13,14,15). The third kappa shape index (κ3) is 1.56. The highest BCUT2D eigenvalue weighted by molar-refractivity contribution is 5.71. The summed E-state index contributed by atoms with van der Waals surface area (Å²) in [7, 11) is 1.59. The lowest BCUT2D eigenvalue weighted by Crippen LogP contribution is -1.98. The number of aromatic nitrogens is 3. The Balaban J connectivity index is 2.60. The van der Waals surface area contributed by atoms with Gasteiger partial charge in [-0.1, -0.05) is 0 Å². The summed E-state index contributed by atoms with van der Waals surface area (Å²) in [5, 5.41) is 3.92. The van der Waals surface area contributed by atoms with E-state index in [1.807, 2.05) is 0 Å². The third-order valence-electron chi connectivity index (χ3n) is 2.13. The van der Waals surface area contributed by atoms with Crippen LogP contribution in [0, 0.1) is 11.6 Å². The third-order valence-corrected chi connectivity index (χ3v) is 2.13. The van der Waals surface area contributed by atoms with Crippen molar-refractivity contribution in [3.63, 3.8) is 0 Å². The molecule has 0 saturated carbocycles. The topological polar surface area (TPSA) is 82.8 Å². The van der Waals surface area contributed by atoms with Crippen LogP contribution < -0.4 is 11.5 Å². The molecule has 0 aliphatic rings. The Morgan fingerprint density at radius 2 is 1.81 bits per heavy atom. The number of anilines is 2. The number of benzene rings is 1. The molecule has 0 fully saturated rings. The van der Waals surface area contributed by atoms with Crippen LogP contribution in [0.2, 0.25) is 0 Å². The summed E-state index contributed by atoms with van der Waals surface area (Å²) >= 11 is 0. The fourth-order valence-electron chi connectivity index (χ4n) is 1.27. The monoisotopic (exact) mass is 225 g/mol. The van der Waals surface area contributed by atoms with Crippen molar-refractivity contribution < 1.29 is 8.78 Å². The Bertz CT molecular complexity index is 530. The fraction of sp³-hybridized carbons (Fsp3) is 0.111. The van der Waals surface area contributed by atoms with Crippen molar-refractivity contribution in [2.24, 2.45) is 7.05 Å². The molecule has 0 atom stereocenters. The van der Waals surface area contributed by atoms with Crippen LogP contribution in [-0.4, -0.2) is 14.8 Å². The minimum absolute atomic E-state index is 0.0597. The van der Waals surface area contributed by atoms with Gasteiger partial charge in [0, 0.05) is 24.4 Å². The smallest absolute Gasteiger partial charge is 0.218 e. The molecule has 0 radical (unpaired) electrons. The van der Waals surface area contributed by atoms with Gasteiger partial charge in [0.25, 0.3) is 0 Å². The highest BCUT2D eigenvalue weighted by atomic mass is 19.2. The molecule has 0 spiro atoms. The van der Waals surface area contributed by atoms with Crippen LogP contribution in [0.15, 0.2) is 12.1 Å². The van der Waals surface area contributed by atoms with E-state index in [9.17, 15) is 8.78 Å². The zero-order valence-electron chi connectivity index (χ0n) is 8.41. The number of halogens is 2. The second-order valence-corrected chi connectivity index (χ2v) is 3.27. The molecule has 1 heterocycles. The van der Waals surface area contributed by atoms with Crippen LogP contribution in [0.3, 0.4) is 0 Å². The second-order valence-electron chi connectivity index (χ2n) is 3.27. The first kappa shape index (κ1) is 10.3. The Labute approximate surface area is 89.7 Å². The lowest BCUT2D eigenvalue weighted by atomic mass is 10.1. The van der Waals surface area contributed by atoms with Crippen molar-refractivity contribution in [2.45, 2.75) is 0 Å². The quantitative estimate of drug-likeness (QED) is 0.707. The molecule has 4 N–H and O–H groups in total. The van der Waals surface area contributed by atoms with E-state index < -0.39 is 11.6 Å². The number of rotatable bonds is 1. The van der Waals surface area contributed by atoms with E-state index in [-0.39, 0.29) is 23.0 Å². The van der Waals surface area contributed by atoms with Gasteiger partial charge >= 0.3 is 0 Å². The molecule has 7 heteroatoms. The highest BCUT2D eigenvalue weighted by Gasteiger charge is 2.13. The van der Waals surface area contributed by atoms with E-state index >= 15 is 0 Å². The van der Waals surface area contributed by atoms with Crippen LogP contribution in [0.4, 0.5) is 20.4 Å². The molecule has 0 aliphatic heterocycles. The van der Waals surface area contributed by atoms with Gasteiger partial charge < -0.3 is 11.5 Å². The molecule has 84 valence electrons. The molecule has 0 unspecified atom stereocenters. The first-order valence-corrected chi connectivity index (χ1v) is 4.40. The summed E-state index contributed by atoms with van der Waals surface area (Å²) in [6.07, 6.45) is 0. The van der Waals surface area contributed by atoms with Gasteiger partial charge in [-0.15, -0.1) is 5.10 Å². The van der Waals surface area contributed by atoms with Crippen LogP contribution in [0.25, 0.3) is 11.4 Å². The molecule has 0 bridgehead atoms. The minimum atomic E-state index is -1.01. The van der Waals surface area contributed by atoms with Crippen LogP contribution in [0.1, 0.15) is 0 Å². The normalized spacial score (nSPS) is 10.7. The fourth-order valence-corrected chi connectivity index (χ4v) is 1.27. The number of hydrogen-bond donors (Lipinski definition) is 2. The Kier molecular flexibility index (Phi) is 2.22. The van der Waals surface area contributed by atoms with E-state index in [1.54, 1.807) is 7.05 Å². The van der Waals surface area contributed by atoms with Crippen molar-refractivity contribution in [3.05, 3.63) is 23.8 Å². The van der Waals surface area contributed by atoms with Crippen molar-refractivity contribution in [2.75, 3.05) is 11.5 Å². The first-order valence-electron chi connectivity index (χ1n) is 4.40. The van der Waals surface area contributed by atoms with Crippen molar-refractivity contribution >= 4 is 11.6 Å². The zero-order valence-corrected chi connectivity index (χ0v) is 8.41. The lowest BCUT2D eigenvalue weighted by Gasteiger charge is -2.02. The average molecular weight is 225 g/mol. The van der Waals surface area contributed by atoms with Gasteiger partial charge in [-0.05, 0) is 6.07 Å². The maximum atomic E-state index is 13.0. The summed E-state index contributed by atoms with van der Waals surface area (Å²) in [5.41, 5.74) is 11.3. The molecule has 1 aromatic carbocycles. The van der Waals surface area contributed by atoms with Crippen molar-refractivity contribution in [3.8, 4) is 11.4 Å². The number of nitrogens with two attached hydrogens (primary N) is 2. The van der Waals surface area contributed by atoms with Crippen LogP contribution in [-0.2, 0) is 7.05 Å². The summed E-state index contributed by atoms with van der Waals surface area (Å²) in [6.45, 7) is 0. The van der Waals surface area contributed by atoms with Gasteiger partial charge in [0.05, 0.1) is 0 Å². The lowest BCUT2D eigenvalue weighted by molar-refractivity contribution is 0.509.